The number of carbonyl (C=O) groups is 2. The third-order valence-electron chi connectivity index (χ3n) is 1.54. The van der Waals surface area contributed by atoms with E-state index < -0.39 is 11.8 Å². The number of benzene rings is 1. The summed E-state index contributed by atoms with van der Waals surface area (Å²) >= 11 is 11.5. The van der Waals surface area contributed by atoms with Gasteiger partial charge in [-0.3, -0.25) is 15.0 Å². The largest absolute Gasteiger partial charge is 0.323 e. The van der Waals surface area contributed by atoms with Crippen molar-refractivity contribution in [2.45, 2.75) is 0 Å². The first-order chi connectivity index (χ1) is 7.06. The van der Waals surface area contributed by atoms with E-state index >= 15 is 0 Å². The zero-order valence-electron chi connectivity index (χ0n) is 7.38. The number of carbonyl (C=O) groups excluding carboxylic acids is 2. The van der Waals surface area contributed by atoms with Gasteiger partial charge in [0.15, 0.2) is 0 Å². The average molecular weight is 248 g/mol. The van der Waals surface area contributed by atoms with Crippen molar-refractivity contribution in [2.75, 3.05) is 5.32 Å². The van der Waals surface area contributed by atoms with Gasteiger partial charge in [0.2, 0.25) is 0 Å². The van der Waals surface area contributed by atoms with E-state index in [0.717, 1.165) is 0 Å². The second-order valence-corrected chi connectivity index (χ2v) is 3.31. The maximum absolute atomic E-state index is 11.1. The number of hydrogen-bond acceptors (Lipinski definition) is 3. The molecule has 0 spiro atoms. The molecule has 7 heteroatoms. The first-order valence-electron chi connectivity index (χ1n) is 3.82. The molecule has 0 aliphatic rings. The number of anilines is 1. The van der Waals surface area contributed by atoms with Gasteiger partial charge in [-0.15, -0.1) is 0 Å². The van der Waals surface area contributed by atoms with Crippen molar-refractivity contribution in [1.82, 2.24) is 5.43 Å². The Kier molecular flexibility index (Phi) is 3.90. The highest BCUT2D eigenvalue weighted by molar-refractivity contribution is 6.45. The quantitative estimate of drug-likeness (QED) is 0.299. The molecule has 0 fully saturated rings. The molecule has 5 nitrogen and oxygen atoms in total. The summed E-state index contributed by atoms with van der Waals surface area (Å²) in [4.78, 5) is 21.9. The third-order valence-corrected chi connectivity index (χ3v) is 2.36. The van der Waals surface area contributed by atoms with Crippen molar-refractivity contribution < 1.29 is 9.59 Å². The fourth-order valence-electron chi connectivity index (χ4n) is 0.845. The molecule has 1 aromatic rings. The van der Waals surface area contributed by atoms with Crippen molar-refractivity contribution in [2.24, 2.45) is 5.84 Å². The highest BCUT2D eigenvalue weighted by Gasteiger charge is 2.14. The van der Waals surface area contributed by atoms with Gasteiger partial charge in [0, 0.05) is 0 Å². The number of nitrogens with two attached hydrogens (primary N) is 1. The minimum Gasteiger partial charge on any atom is -0.316 e. The summed E-state index contributed by atoms with van der Waals surface area (Å²) in [6.07, 6.45) is 0. The number of amides is 2. The highest BCUT2D eigenvalue weighted by atomic mass is 35.5. The predicted octanol–water partition coefficient (Wildman–Crippen LogP) is 0.922. The van der Waals surface area contributed by atoms with E-state index in [1.807, 2.05) is 0 Å². The smallest absolute Gasteiger partial charge is 0.316 e. The summed E-state index contributed by atoms with van der Waals surface area (Å²) in [5, 5.41) is 2.70. The molecule has 0 aromatic heterocycles. The van der Waals surface area contributed by atoms with Crippen LogP contribution in [0.1, 0.15) is 0 Å². The van der Waals surface area contributed by atoms with Gasteiger partial charge in [-0.2, -0.15) is 0 Å². The van der Waals surface area contributed by atoms with Gasteiger partial charge in [-0.25, -0.2) is 5.84 Å². The fourth-order valence-corrected chi connectivity index (χ4v) is 1.19. The normalized spacial score (nSPS) is 9.53. The zero-order valence-corrected chi connectivity index (χ0v) is 8.89. The molecule has 80 valence electrons. The summed E-state index contributed by atoms with van der Waals surface area (Å²) in [6.45, 7) is 0. The lowest BCUT2D eigenvalue weighted by atomic mass is 10.3. The number of halogens is 2. The summed E-state index contributed by atoms with van der Waals surface area (Å²) in [7, 11) is 0. The SMILES string of the molecule is NNC(=O)C(=O)Nc1cccc(Cl)c1Cl. The molecule has 0 bridgehead atoms. The number of rotatable bonds is 1. The molecule has 0 atom stereocenters. The Morgan fingerprint density at radius 1 is 1.20 bits per heavy atom. The van der Waals surface area contributed by atoms with Crippen LogP contribution in [0.15, 0.2) is 18.2 Å². The number of hydrogen-bond donors (Lipinski definition) is 3. The fraction of sp³-hybridized carbons (Fsp3) is 0. The first-order valence-corrected chi connectivity index (χ1v) is 4.57. The minimum atomic E-state index is -0.967. The van der Waals surface area contributed by atoms with Crippen LogP contribution in [0.3, 0.4) is 0 Å². The molecule has 4 N–H and O–H groups in total. The topological polar surface area (TPSA) is 84.2 Å². The Balaban J connectivity index is 2.86. The van der Waals surface area contributed by atoms with Crippen molar-refractivity contribution in [3.05, 3.63) is 28.2 Å². The Morgan fingerprint density at radius 3 is 2.47 bits per heavy atom. The van der Waals surface area contributed by atoms with E-state index in [1.165, 1.54) is 6.07 Å². The molecule has 0 saturated carbocycles. The van der Waals surface area contributed by atoms with Crippen LogP contribution in [0.5, 0.6) is 0 Å². The van der Waals surface area contributed by atoms with Crippen LogP contribution in [-0.4, -0.2) is 11.8 Å². The van der Waals surface area contributed by atoms with E-state index in [9.17, 15) is 9.59 Å². The Morgan fingerprint density at radius 2 is 1.87 bits per heavy atom. The van der Waals surface area contributed by atoms with Gasteiger partial charge in [-0.1, -0.05) is 29.3 Å². The van der Waals surface area contributed by atoms with Crippen LogP contribution in [0.25, 0.3) is 0 Å². The lowest BCUT2D eigenvalue weighted by Crippen LogP contribution is -2.39. The van der Waals surface area contributed by atoms with E-state index in [4.69, 9.17) is 29.0 Å². The van der Waals surface area contributed by atoms with E-state index in [2.05, 4.69) is 5.32 Å². The van der Waals surface area contributed by atoms with E-state index in [0.29, 0.717) is 0 Å². The molecule has 0 unspecified atom stereocenters. The Labute approximate surface area is 95.5 Å². The number of nitrogens with one attached hydrogen (secondary N) is 2. The molecule has 15 heavy (non-hydrogen) atoms. The maximum Gasteiger partial charge on any atom is 0.323 e. The molecule has 0 heterocycles. The molecule has 1 rings (SSSR count). The monoisotopic (exact) mass is 247 g/mol. The standard InChI is InChI=1S/C8H7Cl2N3O2/c9-4-2-1-3-5(6(4)10)12-7(14)8(15)13-11/h1-3H,11H2,(H,12,14)(H,13,15). The van der Waals surface area contributed by atoms with Gasteiger partial charge >= 0.3 is 11.8 Å². The first kappa shape index (κ1) is 11.8. The van der Waals surface area contributed by atoms with Crippen LogP contribution in [0.2, 0.25) is 10.0 Å². The molecular weight excluding hydrogens is 241 g/mol. The van der Waals surface area contributed by atoms with Gasteiger partial charge in [0.1, 0.15) is 0 Å². The van der Waals surface area contributed by atoms with Crippen LogP contribution < -0.4 is 16.6 Å². The van der Waals surface area contributed by atoms with Gasteiger partial charge in [0.05, 0.1) is 15.7 Å². The van der Waals surface area contributed by atoms with Gasteiger partial charge in [0.25, 0.3) is 0 Å². The second kappa shape index (κ2) is 4.97. The summed E-state index contributed by atoms with van der Waals surface area (Å²) in [6, 6.07) is 4.66. The average Bonchev–Trinajstić information content (AvgIpc) is 2.23. The van der Waals surface area contributed by atoms with Crippen LogP contribution in [0.4, 0.5) is 5.69 Å². The summed E-state index contributed by atoms with van der Waals surface area (Å²) < 4.78 is 0. The molecule has 0 aliphatic heterocycles. The van der Waals surface area contributed by atoms with E-state index in [-0.39, 0.29) is 15.7 Å². The lowest BCUT2D eigenvalue weighted by molar-refractivity contribution is -0.136. The predicted molar refractivity (Wildman–Crippen MR) is 57.4 cm³/mol. The van der Waals surface area contributed by atoms with Crippen molar-refractivity contribution in [3.63, 3.8) is 0 Å². The third kappa shape index (κ3) is 2.82. The van der Waals surface area contributed by atoms with Crippen molar-refractivity contribution in [1.29, 1.82) is 0 Å². The molecule has 2 amide bonds. The van der Waals surface area contributed by atoms with Gasteiger partial charge < -0.3 is 5.32 Å². The van der Waals surface area contributed by atoms with Crippen molar-refractivity contribution in [3.8, 4) is 0 Å². The van der Waals surface area contributed by atoms with Crippen molar-refractivity contribution >= 4 is 40.7 Å². The van der Waals surface area contributed by atoms with Crippen LogP contribution in [-0.2, 0) is 9.59 Å². The molecular formula is C8H7Cl2N3O2. The Hall–Kier alpha value is -1.30. The molecule has 0 aliphatic carbocycles. The maximum atomic E-state index is 11.1. The van der Waals surface area contributed by atoms with Crippen LogP contribution in [0, 0.1) is 0 Å². The number of hydrazine groups is 1. The lowest BCUT2D eigenvalue weighted by Gasteiger charge is -2.06. The molecule has 0 radical (unpaired) electrons. The zero-order chi connectivity index (χ0) is 11.4. The van der Waals surface area contributed by atoms with E-state index in [1.54, 1.807) is 17.6 Å². The second-order valence-electron chi connectivity index (χ2n) is 2.53. The molecule has 0 saturated heterocycles. The molecule has 1 aromatic carbocycles. The minimum absolute atomic E-state index is 0.164. The Bertz CT molecular complexity index is 409. The highest BCUT2D eigenvalue weighted by Crippen LogP contribution is 2.29. The van der Waals surface area contributed by atoms with Gasteiger partial charge in [-0.05, 0) is 12.1 Å². The summed E-state index contributed by atoms with van der Waals surface area (Å²) in [5.74, 6) is 2.89. The summed E-state index contributed by atoms with van der Waals surface area (Å²) in [5.41, 5.74) is 1.94. The van der Waals surface area contributed by atoms with Crippen LogP contribution >= 0.6 is 23.2 Å².